The number of thiazole rings is 1. The Labute approximate surface area is 157 Å². The molecule has 0 saturated carbocycles. The topological polar surface area (TPSA) is 40.6 Å². The van der Waals surface area contributed by atoms with Gasteiger partial charge in [0, 0.05) is 18.0 Å². The number of ether oxygens (including phenoxy) is 3. The van der Waals surface area contributed by atoms with Crippen LogP contribution in [0.2, 0.25) is 0 Å². The SMILES string of the molecule is Cc1ccc(O[C@H]2O[C@@H](c3nccs3)C[C@@H]2Oc2ccc(C)cc2)cc1. The maximum Gasteiger partial charge on any atom is 0.237 e. The van der Waals surface area contributed by atoms with Gasteiger partial charge in [0.15, 0.2) is 6.10 Å². The lowest BCUT2D eigenvalue weighted by molar-refractivity contribution is -0.105. The Hall–Kier alpha value is -2.37. The van der Waals surface area contributed by atoms with E-state index < -0.39 is 6.29 Å². The van der Waals surface area contributed by atoms with E-state index in [9.17, 15) is 0 Å². The Kier molecular flexibility index (Phi) is 4.91. The van der Waals surface area contributed by atoms with E-state index in [0.29, 0.717) is 6.42 Å². The average molecular weight is 367 g/mol. The molecule has 26 heavy (non-hydrogen) atoms. The first-order valence-electron chi connectivity index (χ1n) is 8.69. The normalized spacial score (nSPS) is 22.3. The smallest absolute Gasteiger partial charge is 0.237 e. The number of rotatable bonds is 5. The van der Waals surface area contributed by atoms with Gasteiger partial charge in [0.05, 0.1) is 0 Å². The molecule has 2 aromatic carbocycles. The van der Waals surface area contributed by atoms with E-state index in [-0.39, 0.29) is 12.2 Å². The van der Waals surface area contributed by atoms with Gasteiger partial charge < -0.3 is 14.2 Å². The van der Waals surface area contributed by atoms with Gasteiger partial charge in [0.25, 0.3) is 0 Å². The monoisotopic (exact) mass is 367 g/mol. The number of benzene rings is 2. The van der Waals surface area contributed by atoms with Gasteiger partial charge in [-0.3, -0.25) is 0 Å². The predicted octanol–water partition coefficient (Wildman–Crippen LogP) is 5.07. The summed E-state index contributed by atoms with van der Waals surface area (Å²) in [7, 11) is 0. The van der Waals surface area contributed by atoms with Crippen molar-refractivity contribution >= 4 is 11.3 Å². The van der Waals surface area contributed by atoms with E-state index in [1.807, 2.05) is 53.9 Å². The quantitative estimate of drug-likeness (QED) is 0.631. The van der Waals surface area contributed by atoms with Crippen molar-refractivity contribution < 1.29 is 14.2 Å². The van der Waals surface area contributed by atoms with Crippen molar-refractivity contribution in [1.82, 2.24) is 4.98 Å². The molecule has 1 aliphatic rings. The van der Waals surface area contributed by atoms with Crippen LogP contribution in [0.3, 0.4) is 0 Å². The molecule has 134 valence electrons. The van der Waals surface area contributed by atoms with Crippen molar-refractivity contribution in [2.24, 2.45) is 0 Å². The Morgan fingerprint density at radius 1 is 0.923 bits per heavy atom. The molecular formula is C21H21NO3S. The van der Waals surface area contributed by atoms with Crippen LogP contribution >= 0.6 is 11.3 Å². The van der Waals surface area contributed by atoms with Crippen molar-refractivity contribution in [2.75, 3.05) is 0 Å². The molecule has 2 heterocycles. The largest absolute Gasteiger partial charge is 0.484 e. The van der Waals surface area contributed by atoms with Crippen LogP contribution in [0.4, 0.5) is 0 Å². The van der Waals surface area contributed by atoms with E-state index in [2.05, 4.69) is 18.8 Å². The highest BCUT2D eigenvalue weighted by atomic mass is 32.1. The van der Waals surface area contributed by atoms with Gasteiger partial charge in [0.1, 0.15) is 22.6 Å². The highest BCUT2D eigenvalue weighted by Crippen LogP contribution is 2.37. The molecule has 4 rings (SSSR count). The molecule has 0 unspecified atom stereocenters. The summed E-state index contributed by atoms with van der Waals surface area (Å²) in [6.45, 7) is 4.11. The van der Waals surface area contributed by atoms with Gasteiger partial charge in [-0.2, -0.15) is 0 Å². The van der Waals surface area contributed by atoms with Crippen molar-refractivity contribution in [2.45, 2.75) is 38.8 Å². The summed E-state index contributed by atoms with van der Waals surface area (Å²) in [4.78, 5) is 4.39. The molecule has 0 spiro atoms. The first-order valence-corrected chi connectivity index (χ1v) is 9.57. The van der Waals surface area contributed by atoms with Crippen LogP contribution in [0.5, 0.6) is 11.5 Å². The van der Waals surface area contributed by atoms with E-state index in [1.54, 1.807) is 17.5 Å². The lowest BCUT2D eigenvalue weighted by Gasteiger charge is -2.21. The number of hydrogen-bond donors (Lipinski definition) is 0. The van der Waals surface area contributed by atoms with Crippen molar-refractivity contribution in [1.29, 1.82) is 0 Å². The zero-order valence-electron chi connectivity index (χ0n) is 14.8. The molecule has 3 atom stereocenters. The summed E-state index contributed by atoms with van der Waals surface area (Å²) < 4.78 is 18.4. The van der Waals surface area contributed by atoms with Crippen LogP contribution < -0.4 is 9.47 Å². The third-order valence-electron chi connectivity index (χ3n) is 4.36. The summed E-state index contributed by atoms with van der Waals surface area (Å²) in [6.07, 6.45) is 1.72. The van der Waals surface area contributed by atoms with Crippen LogP contribution in [-0.2, 0) is 4.74 Å². The standard InChI is InChI=1S/C21H21NO3S/c1-14-3-7-16(8-4-14)23-19-13-18(20-22-11-12-26-20)25-21(19)24-17-9-5-15(2)6-10-17/h3-12,18-19,21H,13H2,1-2H3/t18-,19+,21+/m1/s1. The van der Waals surface area contributed by atoms with Crippen molar-refractivity contribution in [3.8, 4) is 11.5 Å². The molecule has 0 N–H and O–H groups in total. The molecule has 1 fully saturated rings. The van der Waals surface area contributed by atoms with Gasteiger partial charge in [-0.1, -0.05) is 35.4 Å². The number of aromatic nitrogens is 1. The molecule has 3 aromatic rings. The van der Waals surface area contributed by atoms with Crippen LogP contribution in [0, 0.1) is 13.8 Å². The summed E-state index contributed by atoms with van der Waals surface area (Å²) in [5.41, 5.74) is 2.39. The predicted molar refractivity (Wildman–Crippen MR) is 102 cm³/mol. The second-order valence-corrected chi connectivity index (χ2v) is 7.43. The molecular weight excluding hydrogens is 346 g/mol. The molecule has 0 bridgehead atoms. The molecule has 5 heteroatoms. The van der Waals surface area contributed by atoms with E-state index in [4.69, 9.17) is 14.2 Å². The van der Waals surface area contributed by atoms with E-state index >= 15 is 0 Å². The van der Waals surface area contributed by atoms with Gasteiger partial charge in [0.2, 0.25) is 6.29 Å². The fourth-order valence-corrected chi connectivity index (χ4v) is 3.62. The van der Waals surface area contributed by atoms with Crippen molar-refractivity contribution in [3.05, 3.63) is 76.2 Å². The minimum atomic E-state index is -0.479. The first-order chi connectivity index (χ1) is 12.7. The second-order valence-electron chi connectivity index (χ2n) is 6.50. The minimum Gasteiger partial charge on any atom is -0.484 e. The molecule has 0 radical (unpaired) electrons. The number of aryl methyl sites for hydroxylation is 2. The zero-order valence-corrected chi connectivity index (χ0v) is 15.6. The summed E-state index contributed by atoms with van der Waals surface area (Å²) >= 11 is 1.59. The molecule has 1 aliphatic heterocycles. The molecule has 1 aromatic heterocycles. The molecule has 1 saturated heterocycles. The Balaban J connectivity index is 1.53. The highest BCUT2D eigenvalue weighted by Gasteiger charge is 2.40. The fourth-order valence-electron chi connectivity index (χ4n) is 2.93. The highest BCUT2D eigenvalue weighted by molar-refractivity contribution is 7.09. The Bertz CT molecular complexity index is 775. The average Bonchev–Trinajstić information content (AvgIpc) is 3.29. The molecule has 4 nitrogen and oxygen atoms in total. The van der Waals surface area contributed by atoms with Gasteiger partial charge in [-0.25, -0.2) is 4.98 Å². The molecule has 0 aliphatic carbocycles. The summed E-state index contributed by atoms with van der Waals surface area (Å²) in [5.74, 6) is 1.60. The van der Waals surface area contributed by atoms with Crippen LogP contribution in [-0.4, -0.2) is 17.4 Å². The summed E-state index contributed by atoms with van der Waals surface area (Å²) in [5, 5.41) is 2.92. The Morgan fingerprint density at radius 2 is 1.54 bits per heavy atom. The maximum atomic E-state index is 6.19. The number of hydrogen-bond acceptors (Lipinski definition) is 5. The fraction of sp³-hybridized carbons (Fsp3) is 0.286. The maximum absolute atomic E-state index is 6.19. The third-order valence-corrected chi connectivity index (χ3v) is 5.22. The first kappa shape index (κ1) is 17.1. The van der Waals surface area contributed by atoms with Crippen LogP contribution in [0.25, 0.3) is 0 Å². The second kappa shape index (κ2) is 7.48. The van der Waals surface area contributed by atoms with Crippen molar-refractivity contribution in [3.63, 3.8) is 0 Å². The van der Waals surface area contributed by atoms with E-state index in [0.717, 1.165) is 16.5 Å². The minimum absolute atomic E-state index is 0.110. The number of nitrogens with zero attached hydrogens (tertiary/aromatic N) is 1. The van der Waals surface area contributed by atoms with Gasteiger partial charge in [-0.05, 0) is 38.1 Å². The van der Waals surface area contributed by atoms with Gasteiger partial charge >= 0.3 is 0 Å². The zero-order chi connectivity index (χ0) is 17.9. The van der Waals surface area contributed by atoms with Crippen LogP contribution in [0.1, 0.15) is 28.7 Å². The van der Waals surface area contributed by atoms with E-state index in [1.165, 1.54) is 11.1 Å². The van der Waals surface area contributed by atoms with Crippen LogP contribution in [0.15, 0.2) is 60.1 Å². The molecule has 0 amide bonds. The summed E-state index contributed by atoms with van der Waals surface area (Å²) in [6, 6.07) is 16.0. The Morgan fingerprint density at radius 3 is 2.12 bits per heavy atom. The lowest BCUT2D eigenvalue weighted by Crippen LogP contribution is -2.32. The lowest BCUT2D eigenvalue weighted by atomic mass is 10.2. The third kappa shape index (κ3) is 3.89. The van der Waals surface area contributed by atoms with Gasteiger partial charge in [-0.15, -0.1) is 11.3 Å².